The summed E-state index contributed by atoms with van der Waals surface area (Å²) in [5.41, 5.74) is 2.66. The fourth-order valence-electron chi connectivity index (χ4n) is 2.22. The molecular formula is C17H20O. The van der Waals surface area contributed by atoms with Crippen LogP contribution < -0.4 is 0 Å². The molecule has 2 aromatic rings. The van der Waals surface area contributed by atoms with Gasteiger partial charge in [0, 0.05) is 6.61 Å². The third-order valence-corrected chi connectivity index (χ3v) is 3.31. The van der Waals surface area contributed by atoms with Crippen LogP contribution in [0.3, 0.4) is 0 Å². The number of benzene rings is 2. The molecule has 2 rings (SSSR count). The number of aliphatic hydroxyl groups excluding tert-OH is 1. The average Bonchev–Trinajstić information content (AvgIpc) is 2.45. The Kier molecular flexibility index (Phi) is 4.98. The van der Waals surface area contributed by atoms with Gasteiger partial charge in [-0.15, -0.1) is 0 Å². The lowest BCUT2D eigenvalue weighted by Crippen LogP contribution is -2.10. The predicted molar refractivity (Wildman–Crippen MR) is 75.5 cm³/mol. The van der Waals surface area contributed by atoms with Crippen molar-refractivity contribution in [2.45, 2.75) is 19.3 Å². The smallest absolute Gasteiger partial charge is 0.0462 e. The maximum Gasteiger partial charge on any atom is 0.0462 e. The summed E-state index contributed by atoms with van der Waals surface area (Å²) in [4.78, 5) is 0. The lowest BCUT2D eigenvalue weighted by atomic mass is 9.93. The Bertz CT molecular complexity index is 436. The van der Waals surface area contributed by atoms with Crippen LogP contribution in [-0.4, -0.2) is 11.7 Å². The normalized spacial score (nSPS) is 12.3. The zero-order chi connectivity index (χ0) is 12.6. The monoisotopic (exact) mass is 240 g/mol. The van der Waals surface area contributed by atoms with Gasteiger partial charge in [-0.05, 0) is 36.3 Å². The largest absolute Gasteiger partial charge is 0.396 e. The van der Waals surface area contributed by atoms with Crippen molar-refractivity contribution in [2.24, 2.45) is 5.92 Å². The van der Waals surface area contributed by atoms with Crippen LogP contribution in [0.15, 0.2) is 60.7 Å². The summed E-state index contributed by atoms with van der Waals surface area (Å²) in [6, 6.07) is 20.9. The van der Waals surface area contributed by atoms with Crippen LogP contribution in [0.25, 0.3) is 0 Å². The highest BCUT2D eigenvalue weighted by Gasteiger charge is 2.08. The van der Waals surface area contributed by atoms with Gasteiger partial charge in [0.05, 0.1) is 0 Å². The highest BCUT2D eigenvalue weighted by molar-refractivity contribution is 5.16. The molecule has 0 amide bonds. The second kappa shape index (κ2) is 6.97. The number of hydrogen-bond donors (Lipinski definition) is 1. The van der Waals surface area contributed by atoms with Gasteiger partial charge in [0.1, 0.15) is 0 Å². The van der Waals surface area contributed by atoms with Crippen molar-refractivity contribution in [1.82, 2.24) is 0 Å². The topological polar surface area (TPSA) is 20.2 Å². The van der Waals surface area contributed by atoms with Crippen molar-refractivity contribution >= 4 is 0 Å². The first-order valence-electron chi connectivity index (χ1n) is 6.57. The molecule has 0 fully saturated rings. The van der Waals surface area contributed by atoms with E-state index in [-0.39, 0.29) is 6.61 Å². The molecule has 0 saturated heterocycles. The summed E-state index contributed by atoms with van der Waals surface area (Å²) >= 11 is 0. The Balaban J connectivity index is 1.86. The molecule has 0 spiro atoms. The van der Waals surface area contributed by atoms with E-state index in [4.69, 9.17) is 0 Å². The number of aliphatic hydroxyl groups is 1. The van der Waals surface area contributed by atoms with Gasteiger partial charge >= 0.3 is 0 Å². The van der Waals surface area contributed by atoms with Gasteiger partial charge in [-0.1, -0.05) is 60.7 Å². The third-order valence-electron chi connectivity index (χ3n) is 3.31. The molecule has 1 atom stereocenters. The molecule has 0 heterocycles. The first-order valence-corrected chi connectivity index (χ1v) is 6.57. The van der Waals surface area contributed by atoms with E-state index >= 15 is 0 Å². The van der Waals surface area contributed by atoms with Crippen LogP contribution in [-0.2, 0) is 12.8 Å². The molecule has 2 aromatic carbocycles. The molecule has 0 aliphatic carbocycles. The van der Waals surface area contributed by atoms with Gasteiger partial charge in [-0.3, -0.25) is 0 Å². The minimum Gasteiger partial charge on any atom is -0.396 e. The number of aryl methyl sites for hydroxylation is 1. The van der Waals surface area contributed by atoms with Crippen molar-refractivity contribution in [3.05, 3.63) is 71.8 Å². The van der Waals surface area contributed by atoms with E-state index in [1.54, 1.807) is 0 Å². The first kappa shape index (κ1) is 12.8. The SMILES string of the molecule is OCC(CCc1ccccc1)Cc1ccccc1. The molecule has 94 valence electrons. The molecule has 0 saturated carbocycles. The van der Waals surface area contributed by atoms with Gasteiger partial charge in [0.15, 0.2) is 0 Å². The molecule has 1 N–H and O–H groups in total. The molecule has 0 aliphatic heterocycles. The van der Waals surface area contributed by atoms with Crippen LogP contribution in [0, 0.1) is 5.92 Å². The van der Waals surface area contributed by atoms with E-state index in [1.807, 2.05) is 12.1 Å². The van der Waals surface area contributed by atoms with Crippen molar-refractivity contribution < 1.29 is 5.11 Å². The van der Waals surface area contributed by atoms with Crippen LogP contribution in [0.5, 0.6) is 0 Å². The maximum absolute atomic E-state index is 9.47. The molecule has 0 aromatic heterocycles. The zero-order valence-electron chi connectivity index (χ0n) is 10.6. The Labute approximate surface area is 109 Å². The minimum absolute atomic E-state index is 0.266. The van der Waals surface area contributed by atoms with Crippen LogP contribution in [0.2, 0.25) is 0 Å². The Morgan fingerprint density at radius 2 is 1.33 bits per heavy atom. The maximum atomic E-state index is 9.47. The minimum atomic E-state index is 0.266. The fraction of sp³-hybridized carbons (Fsp3) is 0.294. The van der Waals surface area contributed by atoms with Crippen molar-refractivity contribution in [2.75, 3.05) is 6.61 Å². The van der Waals surface area contributed by atoms with E-state index in [2.05, 4.69) is 48.5 Å². The van der Waals surface area contributed by atoms with Crippen molar-refractivity contribution in [3.8, 4) is 0 Å². The highest BCUT2D eigenvalue weighted by Crippen LogP contribution is 2.15. The Morgan fingerprint density at radius 3 is 1.89 bits per heavy atom. The van der Waals surface area contributed by atoms with E-state index in [9.17, 15) is 5.11 Å². The zero-order valence-corrected chi connectivity index (χ0v) is 10.6. The predicted octanol–water partition coefficient (Wildman–Crippen LogP) is 3.47. The molecule has 1 nitrogen and oxygen atoms in total. The van der Waals surface area contributed by atoms with Gasteiger partial charge in [-0.25, -0.2) is 0 Å². The highest BCUT2D eigenvalue weighted by atomic mass is 16.3. The van der Waals surface area contributed by atoms with E-state index < -0.39 is 0 Å². The first-order chi connectivity index (χ1) is 8.88. The van der Waals surface area contributed by atoms with Crippen LogP contribution in [0.1, 0.15) is 17.5 Å². The summed E-state index contributed by atoms with van der Waals surface area (Å²) in [6.45, 7) is 0.266. The lowest BCUT2D eigenvalue weighted by Gasteiger charge is -2.14. The number of hydrogen-bond acceptors (Lipinski definition) is 1. The quantitative estimate of drug-likeness (QED) is 0.819. The van der Waals surface area contributed by atoms with Gasteiger partial charge in [0.25, 0.3) is 0 Å². The summed E-state index contributed by atoms with van der Waals surface area (Å²) in [5.74, 6) is 0.354. The van der Waals surface area contributed by atoms with Crippen molar-refractivity contribution in [1.29, 1.82) is 0 Å². The van der Waals surface area contributed by atoms with E-state index in [1.165, 1.54) is 11.1 Å². The standard InChI is InChI=1S/C17H20O/c18-14-17(13-16-9-5-2-6-10-16)12-11-15-7-3-1-4-8-15/h1-10,17-18H,11-14H2. The van der Waals surface area contributed by atoms with Crippen LogP contribution in [0.4, 0.5) is 0 Å². The van der Waals surface area contributed by atoms with Gasteiger partial charge in [-0.2, -0.15) is 0 Å². The fourth-order valence-corrected chi connectivity index (χ4v) is 2.22. The van der Waals surface area contributed by atoms with Gasteiger partial charge in [0.2, 0.25) is 0 Å². The molecule has 1 heteroatoms. The summed E-state index contributed by atoms with van der Waals surface area (Å²) in [5, 5.41) is 9.47. The molecule has 0 bridgehead atoms. The summed E-state index contributed by atoms with van der Waals surface area (Å²) < 4.78 is 0. The third kappa shape index (κ3) is 4.01. The molecule has 0 aliphatic rings. The Morgan fingerprint density at radius 1 is 0.778 bits per heavy atom. The Hall–Kier alpha value is -1.60. The van der Waals surface area contributed by atoms with E-state index in [0.717, 1.165) is 19.3 Å². The average molecular weight is 240 g/mol. The second-order valence-corrected chi connectivity index (χ2v) is 4.76. The summed E-state index contributed by atoms with van der Waals surface area (Å²) in [6.07, 6.45) is 3.04. The molecular weight excluding hydrogens is 220 g/mol. The van der Waals surface area contributed by atoms with Crippen molar-refractivity contribution in [3.63, 3.8) is 0 Å². The van der Waals surface area contributed by atoms with Gasteiger partial charge < -0.3 is 5.11 Å². The summed E-state index contributed by atoms with van der Waals surface area (Å²) in [7, 11) is 0. The van der Waals surface area contributed by atoms with E-state index in [0.29, 0.717) is 5.92 Å². The molecule has 18 heavy (non-hydrogen) atoms. The van der Waals surface area contributed by atoms with Crippen LogP contribution >= 0.6 is 0 Å². The second-order valence-electron chi connectivity index (χ2n) is 4.76. The lowest BCUT2D eigenvalue weighted by molar-refractivity contribution is 0.218. The molecule has 1 unspecified atom stereocenters. The number of rotatable bonds is 6. The molecule has 0 radical (unpaired) electrons.